The summed E-state index contributed by atoms with van der Waals surface area (Å²) in [5.41, 5.74) is 7.56. The van der Waals surface area contributed by atoms with Crippen LogP contribution in [0.4, 0.5) is 0 Å². The smallest absolute Gasteiger partial charge is 0.269 e. The van der Waals surface area contributed by atoms with Gasteiger partial charge in [-0.15, -0.1) is 0 Å². The van der Waals surface area contributed by atoms with E-state index in [0.717, 1.165) is 10.9 Å². The van der Waals surface area contributed by atoms with Gasteiger partial charge in [-0.3, -0.25) is 9.89 Å². The van der Waals surface area contributed by atoms with Gasteiger partial charge in [-0.25, -0.2) is 0 Å². The van der Waals surface area contributed by atoms with Crippen molar-refractivity contribution in [3.63, 3.8) is 0 Å². The number of nitrogens with one attached hydrogen (secondary N) is 1. The molecule has 1 aromatic carbocycles. The average molecular weight is 203 g/mol. The lowest BCUT2D eigenvalue weighted by Crippen LogP contribution is -2.11. The first kappa shape index (κ1) is 9.71. The van der Waals surface area contributed by atoms with Gasteiger partial charge in [0.2, 0.25) is 0 Å². The van der Waals surface area contributed by atoms with Crippen LogP contribution in [0.15, 0.2) is 18.2 Å². The number of rotatable bonds is 2. The number of benzene rings is 1. The summed E-state index contributed by atoms with van der Waals surface area (Å²) in [6.45, 7) is 4.20. The second-order valence-electron chi connectivity index (χ2n) is 3.90. The molecule has 0 radical (unpaired) electrons. The quantitative estimate of drug-likeness (QED) is 0.781. The van der Waals surface area contributed by atoms with E-state index in [4.69, 9.17) is 5.73 Å². The Morgan fingerprint density at radius 1 is 1.47 bits per heavy atom. The van der Waals surface area contributed by atoms with Gasteiger partial charge in [0.05, 0.1) is 5.52 Å². The van der Waals surface area contributed by atoms with Crippen LogP contribution in [0.1, 0.15) is 35.8 Å². The van der Waals surface area contributed by atoms with Gasteiger partial charge in [0.1, 0.15) is 0 Å². The van der Waals surface area contributed by atoms with E-state index in [1.54, 1.807) is 0 Å². The number of carbonyl (C=O) groups is 1. The van der Waals surface area contributed by atoms with Crippen LogP contribution in [0.5, 0.6) is 0 Å². The number of aromatic nitrogens is 2. The number of carbonyl (C=O) groups excluding carboxylic acids is 1. The predicted molar refractivity (Wildman–Crippen MR) is 58.7 cm³/mol. The first-order chi connectivity index (χ1) is 7.09. The normalized spacial score (nSPS) is 11.1. The summed E-state index contributed by atoms with van der Waals surface area (Å²) < 4.78 is 0. The Bertz CT molecular complexity index is 514. The van der Waals surface area contributed by atoms with Crippen molar-refractivity contribution in [3.8, 4) is 0 Å². The van der Waals surface area contributed by atoms with Crippen molar-refractivity contribution in [3.05, 3.63) is 29.5 Å². The molecule has 0 bridgehead atoms. The molecule has 0 aliphatic heterocycles. The molecule has 1 heterocycles. The number of aromatic amines is 1. The van der Waals surface area contributed by atoms with Gasteiger partial charge in [0, 0.05) is 5.39 Å². The summed E-state index contributed by atoms with van der Waals surface area (Å²) in [5, 5.41) is 7.48. The lowest BCUT2D eigenvalue weighted by molar-refractivity contribution is 0.0997. The second kappa shape index (κ2) is 3.38. The van der Waals surface area contributed by atoms with Gasteiger partial charge in [0.25, 0.3) is 5.91 Å². The summed E-state index contributed by atoms with van der Waals surface area (Å²) in [6.07, 6.45) is 0. The van der Waals surface area contributed by atoms with Crippen LogP contribution in [0.25, 0.3) is 10.9 Å². The van der Waals surface area contributed by atoms with E-state index in [0.29, 0.717) is 11.6 Å². The molecule has 0 saturated carbocycles. The number of fused-ring (bicyclic) bond motifs is 1. The number of primary amides is 1. The van der Waals surface area contributed by atoms with Crippen LogP contribution in [0, 0.1) is 0 Å². The molecular weight excluding hydrogens is 190 g/mol. The van der Waals surface area contributed by atoms with Crippen LogP contribution in [-0.4, -0.2) is 16.1 Å². The Hall–Kier alpha value is -1.84. The molecule has 3 N–H and O–H groups in total. The van der Waals surface area contributed by atoms with Crippen molar-refractivity contribution < 1.29 is 4.79 Å². The third-order valence-electron chi connectivity index (χ3n) is 2.49. The summed E-state index contributed by atoms with van der Waals surface area (Å²) in [6, 6.07) is 5.91. The standard InChI is InChI=1S/C11H13N3O/c1-6(2)7-3-4-9-8(5-7)10(11(12)15)14-13-9/h3-6H,1-2H3,(H2,12,15)(H,13,14). The molecule has 0 atom stereocenters. The molecule has 15 heavy (non-hydrogen) atoms. The van der Waals surface area contributed by atoms with Crippen molar-refractivity contribution in [1.29, 1.82) is 0 Å². The van der Waals surface area contributed by atoms with Crippen molar-refractivity contribution in [1.82, 2.24) is 10.2 Å². The maximum atomic E-state index is 11.1. The highest BCUT2D eigenvalue weighted by molar-refractivity contribution is 6.03. The summed E-state index contributed by atoms with van der Waals surface area (Å²) in [4.78, 5) is 11.1. The summed E-state index contributed by atoms with van der Waals surface area (Å²) in [7, 11) is 0. The first-order valence-electron chi connectivity index (χ1n) is 4.87. The number of amides is 1. The number of hydrogen-bond acceptors (Lipinski definition) is 2. The topological polar surface area (TPSA) is 71.8 Å². The molecule has 4 heteroatoms. The maximum Gasteiger partial charge on any atom is 0.269 e. The van der Waals surface area contributed by atoms with Crippen LogP contribution in [0.3, 0.4) is 0 Å². The molecule has 0 saturated heterocycles. The molecule has 0 unspecified atom stereocenters. The average Bonchev–Trinajstić information content (AvgIpc) is 2.59. The molecule has 2 rings (SSSR count). The van der Waals surface area contributed by atoms with E-state index in [2.05, 4.69) is 24.0 Å². The number of nitrogens with two attached hydrogens (primary N) is 1. The highest BCUT2D eigenvalue weighted by Crippen LogP contribution is 2.22. The molecule has 4 nitrogen and oxygen atoms in total. The zero-order valence-corrected chi connectivity index (χ0v) is 8.74. The zero-order chi connectivity index (χ0) is 11.0. The third-order valence-corrected chi connectivity index (χ3v) is 2.49. The molecule has 0 aliphatic rings. The summed E-state index contributed by atoms with van der Waals surface area (Å²) in [5.74, 6) is -0.0767. The van der Waals surface area contributed by atoms with E-state index in [-0.39, 0.29) is 0 Å². The predicted octanol–water partition coefficient (Wildman–Crippen LogP) is 1.79. The first-order valence-corrected chi connectivity index (χ1v) is 4.87. The van der Waals surface area contributed by atoms with Crippen molar-refractivity contribution in [2.24, 2.45) is 5.73 Å². The van der Waals surface area contributed by atoms with Gasteiger partial charge in [-0.05, 0) is 23.6 Å². The van der Waals surface area contributed by atoms with Crippen molar-refractivity contribution >= 4 is 16.8 Å². The fourth-order valence-electron chi connectivity index (χ4n) is 1.58. The monoisotopic (exact) mass is 203 g/mol. The van der Waals surface area contributed by atoms with Gasteiger partial charge < -0.3 is 5.73 Å². The zero-order valence-electron chi connectivity index (χ0n) is 8.74. The Balaban J connectivity index is 2.66. The van der Waals surface area contributed by atoms with Crippen LogP contribution >= 0.6 is 0 Å². The van der Waals surface area contributed by atoms with E-state index < -0.39 is 5.91 Å². The number of hydrogen-bond donors (Lipinski definition) is 2. The molecular formula is C11H13N3O. The van der Waals surface area contributed by atoms with Crippen LogP contribution in [-0.2, 0) is 0 Å². The number of nitrogens with zero attached hydrogens (tertiary/aromatic N) is 1. The fraction of sp³-hybridized carbons (Fsp3) is 0.273. The fourth-order valence-corrected chi connectivity index (χ4v) is 1.58. The molecule has 2 aromatic rings. The molecule has 0 aliphatic carbocycles. The Kier molecular flexibility index (Phi) is 2.19. The molecule has 78 valence electrons. The summed E-state index contributed by atoms with van der Waals surface area (Å²) >= 11 is 0. The minimum absolute atomic E-state index is 0.313. The van der Waals surface area contributed by atoms with Crippen LogP contribution in [0.2, 0.25) is 0 Å². The second-order valence-corrected chi connectivity index (χ2v) is 3.90. The molecule has 1 amide bonds. The highest BCUT2D eigenvalue weighted by Gasteiger charge is 2.11. The minimum atomic E-state index is -0.498. The van der Waals surface area contributed by atoms with Gasteiger partial charge >= 0.3 is 0 Å². The van der Waals surface area contributed by atoms with Gasteiger partial charge in [-0.2, -0.15) is 5.10 Å². The van der Waals surface area contributed by atoms with Crippen LogP contribution < -0.4 is 5.73 Å². The highest BCUT2D eigenvalue weighted by atomic mass is 16.1. The van der Waals surface area contributed by atoms with E-state index >= 15 is 0 Å². The Labute approximate surface area is 87.5 Å². The van der Waals surface area contributed by atoms with Crippen molar-refractivity contribution in [2.45, 2.75) is 19.8 Å². The van der Waals surface area contributed by atoms with E-state index in [1.807, 2.05) is 18.2 Å². The molecule has 0 fully saturated rings. The van der Waals surface area contributed by atoms with E-state index in [9.17, 15) is 4.79 Å². The van der Waals surface area contributed by atoms with E-state index in [1.165, 1.54) is 5.56 Å². The van der Waals surface area contributed by atoms with Crippen molar-refractivity contribution in [2.75, 3.05) is 0 Å². The third kappa shape index (κ3) is 1.58. The molecule has 0 spiro atoms. The maximum absolute atomic E-state index is 11.1. The molecule has 1 aromatic heterocycles. The minimum Gasteiger partial charge on any atom is -0.364 e. The SMILES string of the molecule is CC(C)c1ccc2[nH]nc(C(N)=O)c2c1. The van der Waals surface area contributed by atoms with Gasteiger partial charge in [0.15, 0.2) is 5.69 Å². The van der Waals surface area contributed by atoms with Gasteiger partial charge in [-0.1, -0.05) is 19.9 Å². The lowest BCUT2D eigenvalue weighted by Gasteiger charge is -2.04. The number of H-pyrrole nitrogens is 1. The Morgan fingerprint density at radius 3 is 2.80 bits per heavy atom. The lowest BCUT2D eigenvalue weighted by atomic mass is 10.0. The largest absolute Gasteiger partial charge is 0.364 e. The Morgan fingerprint density at radius 2 is 2.20 bits per heavy atom.